The molecular formula is C25H24N6O2S. The highest BCUT2D eigenvalue weighted by molar-refractivity contribution is 7.09. The van der Waals surface area contributed by atoms with Crippen LogP contribution >= 0.6 is 11.3 Å². The van der Waals surface area contributed by atoms with Crippen LogP contribution in [0.15, 0.2) is 60.4 Å². The fourth-order valence-electron chi connectivity index (χ4n) is 4.19. The Kier molecular flexibility index (Phi) is 6.04. The summed E-state index contributed by atoms with van der Waals surface area (Å²) in [6.45, 7) is 3.02. The largest absolute Gasteiger partial charge is 0.381 e. The number of ether oxygens (including phenoxy) is 1. The summed E-state index contributed by atoms with van der Waals surface area (Å²) >= 11 is 1.60. The number of rotatable bonds is 5. The Hall–Kier alpha value is -3.69. The average Bonchev–Trinajstić information content (AvgIpc) is 3.32. The van der Waals surface area contributed by atoms with Gasteiger partial charge in [0, 0.05) is 48.3 Å². The van der Waals surface area contributed by atoms with Gasteiger partial charge < -0.3 is 15.8 Å². The van der Waals surface area contributed by atoms with E-state index < -0.39 is 5.41 Å². The number of amides is 1. The molecule has 0 unspecified atom stereocenters. The fourth-order valence-corrected chi connectivity index (χ4v) is 4.81. The summed E-state index contributed by atoms with van der Waals surface area (Å²) in [6.07, 6.45) is 6.32. The molecule has 0 radical (unpaired) electrons. The van der Waals surface area contributed by atoms with E-state index in [1.165, 1.54) is 0 Å². The summed E-state index contributed by atoms with van der Waals surface area (Å²) in [4.78, 5) is 30.7. The normalized spacial score (nSPS) is 15.1. The summed E-state index contributed by atoms with van der Waals surface area (Å²) in [5.74, 6) is 0.674. The Morgan fingerprint density at radius 1 is 0.971 bits per heavy atom. The van der Waals surface area contributed by atoms with Gasteiger partial charge in [-0.2, -0.15) is 0 Å². The van der Waals surface area contributed by atoms with E-state index in [0.717, 1.165) is 33.0 Å². The molecule has 0 aliphatic carbocycles. The lowest BCUT2D eigenvalue weighted by Gasteiger charge is -2.36. The summed E-state index contributed by atoms with van der Waals surface area (Å²) in [7, 11) is 0. The predicted molar refractivity (Wildman–Crippen MR) is 132 cm³/mol. The second-order valence-corrected chi connectivity index (χ2v) is 9.30. The van der Waals surface area contributed by atoms with Crippen molar-refractivity contribution in [1.29, 1.82) is 0 Å². The molecule has 34 heavy (non-hydrogen) atoms. The second-order valence-electron chi connectivity index (χ2n) is 8.24. The zero-order valence-electron chi connectivity index (χ0n) is 18.7. The molecule has 3 aromatic heterocycles. The number of nitrogen functional groups attached to an aromatic ring is 1. The zero-order valence-corrected chi connectivity index (χ0v) is 19.5. The number of aryl methyl sites for hydroxylation is 1. The van der Waals surface area contributed by atoms with Crippen molar-refractivity contribution in [1.82, 2.24) is 19.9 Å². The molecule has 1 aliphatic rings. The van der Waals surface area contributed by atoms with Gasteiger partial charge in [-0.25, -0.2) is 19.9 Å². The summed E-state index contributed by atoms with van der Waals surface area (Å²) in [6, 6.07) is 11.7. The van der Waals surface area contributed by atoms with Crippen molar-refractivity contribution in [3.63, 3.8) is 0 Å². The molecular weight excluding hydrogens is 448 g/mol. The number of nitrogens with two attached hydrogens (primary N) is 1. The SMILES string of the molecule is Cc1nc(-c2ccc(NC(=O)C3(c4ccc(-c5cnc(N)nc5)cc4)CCOCC3)nc2)cs1. The van der Waals surface area contributed by atoms with E-state index in [0.29, 0.717) is 31.9 Å². The number of hydrogen-bond donors (Lipinski definition) is 2. The number of nitrogens with one attached hydrogen (secondary N) is 1. The van der Waals surface area contributed by atoms with Crippen LogP contribution in [0.25, 0.3) is 22.4 Å². The van der Waals surface area contributed by atoms with Gasteiger partial charge in [0.05, 0.1) is 16.1 Å². The minimum Gasteiger partial charge on any atom is -0.381 e. The lowest BCUT2D eigenvalue weighted by molar-refractivity contribution is -0.125. The standard InChI is InChI=1S/C25H24N6O2S/c1-16-30-21(15-34-16)18-4-7-22(27-12-18)31-23(32)25(8-10-33-11-9-25)20-5-2-17(3-6-20)19-13-28-24(26)29-14-19/h2-7,12-15H,8-11H2,1H3,(H2,26,28,29)(H,27,31,32). The highest BCUT2D eigenvalue weighted by Gasteiger charge is 2.42. The predicted octanol–water partition coefficient (Wildman–Crippen LogP) is 4.24. The number of aromatic nitrogens is 4. The lowest BCUT2D eigenvalue weighted by atomic mass is 9.73. The van der Waals surface area contributed by atoms with Crippen LogP contribution in [-0.4, -0.2) is 39.1 Å². The molecule has 5 rings (SSSR count). The van der Waals surface area contributed by atoms with Gasteiger partial charge in [0.25, 0.3) is 0 Å². The van der Waals surface area contributed by atoms with E-state index in [2.05, 4.69) is 25.3 Å². The molecule has 1 aliphatic heterocycles. The van der Waals surface area contributed by atoms with Gasteiger partial charge >= 0.3 is 0 Å². The fraction of sp³-hybridized carbons (Fsp3) is 0.240. The van der Waals surface area contributed by atoms with Gasteiger partial charge in [0.15, 0.2) is 0 Å². The molecule has 9 heteroatoms. The number of carbonyl (C=O) groups is 1. The zero-order chi connectivity index (χ0) is 23.5. The first kappa shape index (κ1) is 22.1. The molecule has 3 N–H and O–H groups in total. The Morgan fingerprint density at radius 3 is 2.26 bits per heavy atom. The first-order valence-corrected chi connectivity index (χ1v) is 11.9. The number of hydrogen-bond acceptors (Lipinski definition) is 8. The number of thiazole rings is 1. The molecule has 4 aromatic rings. The molecule has 0 atom stereocenters. The van der Waals surface area contributed by atoms with Crippen LogP contribution in [0.3, 0.4) is 0 Å². The van der Waals surface area contributed by atoms with Crippen LogP contribution in [0.4, 0.5) is 11.8 Å². The maximum Gasteiger partial charge on any atom is 0.236 e. The van der Waals surface area contributed by atoms with Crippen molar-refractivity contribution in [2.75, 3.05) is 24.3 Å². The first-order valence-electron chi connectivity index (χ1n) is 11.0. The van der Waals surface area contributed by atoms with E-state index >= 15 is 0 Å². The number of pyridine rings is 1. The number of nitrogens with zero attached hydrogens (tertiary/aromatic N) is 4. The Balaban J connectivity index is 1.38. The molecule has 1 saturated heterocycles. The van der Waals surface area contributed by atoms with Gasteiger partial charge in [-0.15, -0.1) is 11.3 Å². The summed E-state index contributed by atoms with van der Waals surface area (Å²) in [5.41, 5.74) is 9.48. The molecule has 172 valence electrons. The van der Waals surface area contributed by atoms with Gasteiger partial charge in [-0.05, 0) is 43.0 Å². The molecule has 0 bridgehead atoms. The monoisotopic (exact) mass is 472 g/mol. The molecule has 4 heterocycles. The summed E-state index contributed by atoms with van der Waals surface area (Å²) in [5, 5.41) is 6.04. The van der Waals surface area contributed by atoms with Crippen LogP contribution in [-0.2, 0) is 14.9 Å². The molecule has 0 spiro atoms. The molecule has 1 fully saturated rings. The van der Waals surface area contributed by atoms with E-state index in [1.807, 2.05) is 48.7 Å². The van der Waals surface area contributed by atoms with Crippen molar-refractivity contribution in [3.05, 3.63) is 70.9 Å². The van der Waals surface area contributed by atoms with Crippen molar-refractivity contribution in [2.45, 2.75) is 25.2 Å². The van der Waals surface area contributed by atoms with Crippen molar-refractivity contribution in [3.8, 4) is 22.4 Å². The third-order valence-electron chi connectivity index (χ3n) is 6.14. The van der Waals surface area contributed by atoms with Gasteiger partial charge in [0.2, 0.25) is 11.9 Å². The minimum absolute atomic E-state index is 0.0795. The lowest BCUT2D eigenvalue weighted by Crippen LogP contribution is -2.45. The van der Waals surface area contributed by atoms with Crippen LogP contribution in [0, 0.1) is 6.92 Å². The van der Waals surface area contributed by atoms with Crippen molar-refractivity contribution in [2.24, 2.45) is 0 Å². The third-order valence-corrected chi connectivity index (χ3v) is 6.92. The highest BCUT2D eigenvalue weighted by atomic mass is 32.1. The summed E-state index contributed by atoms with van der Waals surface area (Å²) < 4.78 is 5.59. The highest BCUT2D eigenvalue weighted by Crippen LogP contribution is 2.37. The van der Waals surface area contributed by atoms with Crippen LogP contribution < -0.4 is 11.1 Å². The third kappa shape index (κ3) is 4.40. The van der Waals surface area contributed by atoms with E-state index in [1.54, 1.807) is 29.9 Å². The van der Waals surface area contributed by atoms with Gasteiger partial charge in [-0.1, -0.05) is 24.3 Å². The van der Waals surface area contributed by atoms with Crippen LogP contribution in [0.1, 0.15) is 23.4 Å². The topological polar surface area (TPSA) is 116 Å². The average molecular weight is 473 g/mol. The van der Waals surface area contributed by atoms with Crippen molar-refractivity contribution < 1.29 is 9.53 Å². The molecule has 0 saturated carbocycles. The smallest absolute Gasteiger partial charge is 0.236 e. The Labute approximate surface area is 201 Å². The number of anilines is 2. The van der Waals surface area contributed by atoms with Crippen molar-refractivity contribution >= 4 is 29.0 Å². The Bertz CT molecular complexity index is 1280. The maximum absolute atomic E-state index is 13.6. The molecule has 1 aromatic carbocycles. The number of benzene rings is 1. The van der Waals surface area contributed by atoms with E-state index in [-0.39, 0.29) is 11.9 Å². The Morgan fingerprint density at radius 2 is 1.65 bits per heavy atom. The molecule has 8 nitrogen and oxygen atoms in total. The van der Waals surface area contributed by atoms with E-state index in [9.17, 15) is 4.79 Å². The first-order chi connectivity index (χ1) is 16.5. The van der Waals surface area contributed by atoms with E-state index in [4.69, 9.17) is 10.5 Å². The maximum atomic E-state index is 13.6. The van der Waals surface area contributed by atoms with Gasteiger partial charge in [0.1, 0.15) is 5.82 Å². The molecule has 1 amide bonds. The quantitative estimate of drug-likeness (QED) is 0.446. The van der Waals surface area contributed by atoms with Crippen LogP contribution in [0.5, 0.6) is 0 Å². The second kappa shape index (κ2) is 9.28. The van der Waals surface area contributed by atoms with Gasteiger partial charge in [-0.3, -0.25) is 4.79 Å². The number of carbonyl (C=O) groups excluding carboxylic acids is 1. The van der Waals surface area contributed by atoms with Crippen LogP contribution in [0.2, 0.25) is 0 Å². The minimum atomic E-state index is -0.694.